The van der Waals surface area contributed by atoms with E-state index in [1.54, 1.807) is 23.1 Å². The van der Waals surface area contributed by atoms with Gasteiger partial charge in [-0.15, -0.1) is 10.2 Å². The van der Waals surface area contributed by atoms with Gasteiger partial charge in [0.1, 0.15) is 0 Å². The SMILES string of the molecule is Cc1ccc(Nc2nnc(SC[C@@H]3CCCO3)s2)cc1C. The summed E-state index contributed by atoms with van der Waals surface area (Å²) in [5.41, 5.74) is 3.63. The van der Waals surface area contributed by atoms with Crippen LogP contribution in [0, 0.1) is 13.8 Å². The Morgan fingerprint density at radius 2 is 2.24 bits per heavy atom. The molecule has 0 spiro atoms. The smallest absolute Gasteiger partial charge is 0.210 e. The molecule has 1 fully saturated rings. The van der Waals surface area contributed by atoms with Crippen molar-refractivity contribution >= 4 is 33.9 Å². The minimum absolute atomic E-state index is 0.384. The number of hydrogen-bond acceptors (Lipinski definition) is 6. The van der Waals surface area contributed by atoms with Crippen LogP contribution in [-0.4, -0.2) is 28.7 Å². The van der Waals surface area contributed by atoms with E-state index < -0.39 is 0 Å². The fourth-order valence-electron chi connectivity index (χ4n) is 2.20. The lowest BCUT2D eigenvalue weighted by Crippen LogP contribution is -2.07. The summed E-state index contributed by atoms with van der Waals surface area (Å²) < 4.78 is 6.62. The van der Waals surface area contributed by atoms with Gasteiger partial charge in [-0.2, -0.15) is 0 Å². The molecule has 1 aromatic carbocycles. The van der Waals surface area contributed by atoms with Gasteiger partial charge in [0.25, 0.3) is 0 Å². The van der Waals surface area contributed by atoms with Gasteiger partial charge in [-0.05, 0) is 49.9 Å². The van der Waals surface area contributed by atoms with Crippen LogP contribution in [0.5, 0.6) is 0 Å². The van der Waals surface area contributed by atoms with Crippen LogP contribution in [0.15, 0.2) is 22.5 Å². The lowest BCUT2D eigenvalue weighted by atomic mass is 10.1. The molecule has 2 aromatic rings. The number of benzene rings is 1. The highest BCUT2D eigenvalue weighted by atomic mass is 32.2. The topological polar surface area (TPSA) is 47.0 Å². The van der Waals surface area contributed by atoms with Gasteiger partial charge in [-0.1, -0.05) is 29.2 Å². The maximum atomic E-state index is 5.62. The van der Waals surface area contributed by atoms with Gasteiger partial charge >= 0.3 is 0 Å². The Bertz CT molecular complexity index is 609. The number of hydrogen-bond donors (Lipinski definition) is 1. The molecule has 1 atom stereocenters. The molecular weight excluding hydrogens is 302 g/mol. The summed E-state index contributed by atoms with van der Waals surface area (Å²) in [5, 5.41) is 12.6. The van der Waals surface area contributed by atoms with Crippen LogP contribution < -0.4 is 5.32 Å². The molecule has 4 nitrogen and oxygen atoms in total. The van der Waals surface area contributed by atoms with E-state index in [1.165, 1.54) is 24.0 Å². The first-order valence-electron chi connectivity index (χ1n) is 7.13. The second-order valence-electron chi connectivity index (χ2n) is 5.24. The highest BCUT2D eigenvalue weighted by Gasteiger charge is 2.16. The van der Waals surface area contributed by atoms with Crippen molar-refractivity contribution in [1.29, 1.82) is 0 Å². The van der Waals surface area contributed by atoms with Crippen molar-refractivity contribution in [3.8, 4) is 0 Å². The molecule has 1 N–H and O–H groups in total. The molecule has 21 heavy (non-hydrogen) atoms. The number of nitrogens with one attached hydrogen (secondary N) is 1. The molecule has 1 saturated heterocycles. The molecule has 0 saturated carbocycles. The third kappa shape index (κ3) is 3.96. The van der Waals surface area contributed by atoms with Crippen molar-refractivity contribution in [3.05, 3.63) is 29.3 Å². The van der Waals surface area contributed by atoms with Gasteiger partial charge in [0.05, 0.1) is 6.10 Å². The molecule has 2 heterocycles. The number of aryl methyl sites for hydroxylation is 2. The van der Waals surface area contributed by atoms with Gasteiger partial charge in [0.2, 0.25) is 5.13 Å². The van der Waals surface area contributed by atoms with Gasteiger partial charge < -0.3 is 10.1 Å². The summed E-state index contributed by atoms with van der Waals surface area (Å²) in [6.45, 7) is 5.13. The standard InChI is InChI=1S/C15H19N3OS2/c1-10-5-6-12(8-11(10)2)16-14-17-18-15(21-14)20-9-13-4-3-7-19-13/h5-6,8,13H,3-4,7,9H2,1-2H3,(H,16,17)/t13-/m0/s1. The van der Waals surface area contributed by atoms with Crippen molar-refractivity contribution in [3.63, 3.8) is 0 Å². The number of ether oxygens (including phenoxy) is 1. The Hall–Kier alpha value is -1.11. The largest absolute Gasteiger partial charge is 0.377 e. The second kappa shape index (κ2) is 6.77. The number of nitrogens with zero attached hydrogens (tertiary/aromatic N) is 2. The van der Waals surface area contributed by atoms with Gasteiger partial charge in [-0.3, -0.25) is 0 Å². The Morgan fingerprint density at radius 3 is 3.00 bits per heavy atom. The molecule has 0 aliphatic carbocycles. The van der Waals surface area contributed by atoms with Crippen LogP contribution in [0.1, 0.15) is 24.0 Å². The van der Waals surface area contributed by atoms with Crippen molar-refractivity contribution < 1.29 is 4.74 Å². The lowest BCUT2D eigenvalue weighted by molar-refractivity contribution is 0.129. The summed E-state index contributed by atoms with van der Waals surface area (Å²) in [6, 6.07) is 6.32. The average molecular weight is 321 g/mol. The van der Waals surface area contributed by atoms with Crippen LogP contribution in [0.25, 0.3) is 0 Å². The minimum Gasteiger partial charge on any atom is -0.377 e. The molecule has 6 heteroatoms. The molecule has 0 radical (unpaired) electrons. The number of rotatable bonds is 5. The van der Waals surface area contributed by atoms with E-state index in [-0.39, 0.29) is 0 Å². The van der Waals surface area contributed by atoms with E-state index in [4.69, 9.17) is 4.74 Å². The maximum Gasteiger partial charge on any atom is 0.210 e. The molecular formula is C15H19N3OS2. The summed E-state index contributed by atoms with van der Waals surface area (Å²) in [4.78, 5) is 0. The normalized spacial score (nSPS) is 18.1. The maximum absolute atomic E-state index is 5.62. The molecule has 0 amide bonds. The van der Waals surface area contributed by atoms with E-state index in [9.17, 15) is 0 Å². The predicted molar refractivity (Wildman–Crippen MR) is 88.8 cm³/mol. The average Bonchev–Trinajstić information content (AvgIpc) is 3.12. The lowest BCUT2D eigenvalue weighted by Gasteiger charge is -2.06. The Kier molecular flexibility index (Phi) is 4.77. The predicted octanol–water partition coefficient (Wildman–Crippen LogP) is 4.17. The third-order valence-corrected chi connectivity index (χ3v) is 5.69. The zero-order valence-electron chi connectivity index (χ0n) is 12.3. The van der Waals surface area contributed by atoms with Crippen LogP contribution in [0.2, 0.25) is 0 Å². The highest BCUT2D eigenvalue weighted by Crippen LogP contribution is 2.30. The Balaban J connectivity index is 1.57. The first-order chi connectivity index (χ1) is 10.2. The van der Waals surface area contributed by atoms with Crippen LogP contribution in [-0.2, 0) is 4.74 Å². The minimum atomic E-state index is 0.384. The molecule has 1 aromatic heterocycles. The van der Waals surface area contributed by atoms with Crippen molar-refractivity contribution in [2.45, 2.75) is 37.1 Å². The van der Waals surface area contributed by atoms with E-state index in [2.05, 4.69) is 47.6 Å². The summed E-state index contributed by atoms with van der Waals surface area (Å²) in [6.07, 6.45) is 2.73. The molecule has 0 unspecified atom stereocenters. The van der Waals surface area contributed by atoms with Crippen molar-refractivity contribution in [2.75, 3.05) is 17.7 Å². The fraction of sp³-hybridized carbons (Fsp3) is 0.467. The first kappa shape index (κ1) is 14.8. The summed E-state index contributed by atoms with van der Waals surface area (Å²) in [7, 11) is 0. The third-order valence-electron chi connectivity index (χ3n) is 3.58. The van der Waals surface area contributed by atoms with Crippen LogP contribution in [0.3, 0.4) is 0 Å². The van der Waals surface area contributed by atoms with E-state index in [0.29, 0.717) is 6.10 Å². The second-order valence-corrected chi connectivity index (χ2v) is 7.49. The van der Waals surface area contributed by atoms with E-state index >= 15 is 0 Å². The molecule has 0 bridgehead atoms. The molecule has 1 aliphatic heterocycles. The fourth-order valence-corrected chi connectivity index (χ4v) is 4.07. The van der Waals surface area contributed by atoms with Crippen LogP contribution in [0.4, 0.5) is 10.8 Å². The Labute approximate surface area is 133 Å². The van der Waals surface area contributed by atoms with E-state index in [0.717, 1.165) is 27.5 Å². The number of thioether (sulfide) groups is 1. The van der Waals surface area contributed by atoms with Gasteiger partial charge in [-0.25, -0.2) is 0 Å². The summed E-state index contributed by atoms with van der Waals surface area (Å²) in [5.74, 6) is 0.971. The van der Waals surface area contributed by atoms with Crippen LogP contribution >= 0.6 is 23.1 Å². The summed E-state index contributed by atoms with van der Waals surface area (Å²) >= 11 is 3.33. The Morgan fingerprint density at radius 1 is 1.33 bits per heavy atom. The quantitative estimate of drug-likeness (QED) is 0.838. The monoisotopic (exact) mass is 321 g/mol. The zero-order valence-corrected chi connectivity index (χ0v) is 13.9. The molecule has 1 aliphatic rings. The number of anilines is 2. The van der Waals surface area contributed by atoms with Crippen molar-refractivity contribution in [2.24, 2.45) is 0 Å². The first-order valence-corrected chi connectivity index (χ1v) is 8.93. The van der Waals surface area contributed by atoms with Crippen molar-refractivity contribution in [1.82, 2.24) is 10.2 Å². The zero-order chi connectivity index (χ0) is 14.7. The van der Waals surface area contributed by atoms with E-state index in [1.807, 2.05) is 0 Å². The van der Waals surface area contributed by atoms with Gasteiger partial charge in [0.15, 0.2) is 4.34 Å². The molecule has 3 rings (SSSR count). The highest BCUT2D eigenvalue weighted by molar-refractivity contribution is 8.01. The molecule has 112 valence electrons. The van der Waals surface area contributed by atoms with Gasteiger partial charge in [0, 0.05) is 18.0 Å². The number of aromatic nitrogens is 2.